The van der Waals surface area contributed by atoms with Crippen LogP contribution in [0.25, 0.3) is 0 Å². The molecule has 0 aliphatic carbocycles. The van der Waals surface area contributed by atoms with Crippen molar-refractivity contribution in [3.8, 4) is 0 Å². The van der Waals surface area contributed by atoms with E-state index in [0.29, 0.717) is 0 Å². The Morgan fingerprint density at radius 2 is 0.391 bits per heavy atom. The van der Waals surface area contributed by atoms with E-state index in [-0.39, 0.29) is 89.7 Å². The van der Waals surface area contributed by atoms with Crippen molar-refractivity contribution in [2.75, 3.05) is 0 Å². The summed E-state index contributed by atoms with van der Waals surface area (Å²) in [5.74, 6) is 0. The summed E-state index contributed by atoms with van der Waals surface area (Å²) in [6, 6.07) is 67.5. The number of hydrogen-bond acceptors (Lipinski definition) is 0. The van der Waals surface area contributed by atoms with E-state index >= 15 is 0 Å². The quantitative estimate of drug-likeness (QED) is 0.123. The van der Waals surface area contributed by atoms with Crippen LogP contribution in [-0.4, -0.2) is 89.7 Å². The van der Waals surface area contributed by atoms with E-state index in [1.54, 1.807) is 15.7 Å². The van der Waals surface area contributed by atoms with Gasteiger partial charge in [-0.05, 0) is 0 Å². The number of hydrogen-bond donors (Lipinski definition) is 0. The molecule has 6 aromatic rings. The van der Waals surface area contributed by atoms with E-state index in [2.05, 4.69) is 182 Å². The molecule has 0 aliphatic heterocycles. The zero-order valence-corrected chi connectivity index (χ0v) is 35.0. The fourth-order valence-electron chi connectivity index (χ4n) is 4.18. The molecule has 226 valence electrons. The minimum atomic E-state index is 0.181. The Morgan fingerprint density at radius 1 is 0.217 bits per heavy atom. The van der Waals surface area contributed by atoms with Gasteiger partial charge in [0.1, 0.15) is 0 Å². The second-order valence-electron chi connectivity index (χ2n) is 9.72. The summed E-state index contributed by atoms with van der Waals surface area (Å²) >= 11 is 1.27. The van der Waals surface area contributed by atoms with Gasteiger partial charge >= 0.3 is 314 Å². The fraction of sp³-hybridized carbons (Fsp3) is 0. The minimum absolute atomic E-state index is 0.181. The van der Waals surface area contributed by atoms with Crippen LogP contribution in [0.4, 0.5) is 0 Å². The maximum absolute atomic E-state index is 2.35. The van der Waals surface area contributed by atoms with Gasteiger partial charge in [-0.3, -0.25) is 0 Å². The van der Waals surface area contributed by atoms with Crippen LogP contribution in [0.1, 0.15) is 0 Å². The predicted octanol–water partition coefficient (Wildman–Crippen LogP) is 3.50. The van der Waals surface area contributed by atoms with Crippen LogP contribution in [0.2, 0.25) is 0 Å². The molecule has 6 heteroatoms. The molecule has 0 nitrogen and oxygen atoms in total. The summed E-state index contributed by atoms with van der Waals surface area (Å²) in [6.45, 7) is 0. The van der Waals surface area contributed by atoms with Crippen LogP contribution in [0.15, 0.2) is 198 Å². The van der Waals surface area contributed by atoms with Crippen molar-refractivity contribution in [1.82, 2.24) is 0 Å². The van der Waals surface area contributed by atoms with E-state index < -0.39 is 0 Å². The molecule has 0 saturated heterocycles. The van der Waals surface area contributed by atoms with E-state index in [4.69, 9.17) is 0 Å². The Bertz CT molecular complexity index is 1620. The fourth-order valence-corrected chi connectivity index (χ4v) is 24.6. The van der Waals surface area contributed by atoms with Crippen LogP contribution < -0.4 is 26.8 Å². The van der Waals surface area contributed by atoms with Gasteiger partial charge < -0.3 is 0 Å². The Labute approximate surface area is 310 Å². The molecule has 0 fully saturated rings. The van der Waals surface area contributed by atoms with Crippen molar-refractivity contribution >= 4 is 117 Å². The van der Waals surface area contributed by atoms with Gasteiger partial charge in [0.15, 0.2) is 0 Å². The van der Waals surface area contributed by atoms with Crippen molar-refractivity contribution in [3.63, 3.8) is 0 Å². The molecule has 0 aromatic heterocycles. The standard InChI is InChI=1S/C40H30Se6/c1-7-19-31(20-8-1)41-37(39(43-33-23-11-3-12-24-33)44-34-25-13-4-14-26-34)38(42-32-21-9-2-10-22-32)40(45-35-27-15-5-16-28-35)46-36-29-17-6-18-30-36/h1-30H. The molecule has 0 bridgehead atoms. The zero-order chi connectivity index (χ0) is 31.2. The average molecular weight is 984 g/mol. The third-order valence-corrected chi connectivity index (χ3v) is 25.5. The maximum atomic E-state index is 2.35. The van der Waals surface area contributed by atoms with Gasteiger partial charge in [-0.25, -0.2) is 0 Å². The molecule has 0 heterocycles. The molecular weight excluding hydrogens is 954 g/mol. The predicted molar refractivity (Wildman–Crippen MR) is 205 cm³/mol. The molecule has 0 N–H and O–H groups in total. The van der Waals surface area contributed by atoms with Crippen molar-refractivity contribution < 1.29 is 0 Å². The molecule has 6 rings (SSSR count). The Hall–Kier alpha value is -2.08. The first-order valence-corrected chi connectivity index (χ1v) is 24.9. The van der Waals surface area contributed by atoms with Gasteiger partial charge in [0, 0.05) is 0 Å². The van der Waals surface area contributed by atoms with Gasteiger partial charge in [0.2, 0.25) is 0 Å². The first-order valence-electron chi connectivity index (χ1n) is 14.7. The molecule has 6 aromatic carbocycles. The molecule has 0 amide bonds. The third kappa shape index (κ3) is 10.5. The van der Waals surface area contributed by atoms with E-state index in [1.165, 1.54) is 26.8 Å². The van der Waals surface area contributed by atoms with Crippen LogP contribution in [0.5, 0.6) is 0 Å². The van der Waals surface area contributed by atoms with E-state index in [9.17, 15) is 0 Å². The molecule has 0 saturated carbocycles. The summed E-state index contributed by atoms with van der Waals surface area (Å²) in [7, 11) is 0. The molecule has 0 spiro atoms. The van der Waals surface area contributed by atoms with Crippen molar-refractivity contribution in [2.45, 2.75) is 0 Å². The number of rotatable bonds is 13. The Kier molecular flexibility index (Phi) is 13.6. The molecule has 0 unspecified atom stereocenters. The summed E-state index contributed by atoms with van der Waals surface area (Å²) < 4.78 is 15.4. The molecule has 46 heavy (non-hydrogen) atoms. The van der Waals surface area contributed by atoms with Gasteiger partial charge in [-0.15, -0.1) is 0 Å². The van der Waals surface area contributed by atoms with Crippen LogP contribution in [0.3, 0.4) is 0 Å². The second-order valence-corrected chi connectivity index (χ2v) is 26.0. The first-order chi connectivity index (χ1) is 22.8. The average Bonchev–Trinajstić information content (AvgIpc) is 3.12. The topological polar surface area (TPSA) is 0 Å². The molecule has 0 aliphatic rings. The van der Waals surface area contributed by atoms with Crippen molar-refractivity contribution in [1.29, 1.82) is 0 Å². The third-order valence-electron chi connectivity index (χ3n) is 6.32. The number of benzene rings is 6. The van der Waals surface area contributed by atoms with Crippen LogP contribution >= 0.6 is 0 Å². The zero-order valence-electron chi connectivity index (χ0n) is 24.8. The second kappa shape index (κ2) is 18.5. The first kappa shape index (κ1) is 33.8. The van der Waals surface area contributed by atoms with Gasteiger partial charge in [0.25, 0.3) is 0 Å². The van der Waals surface area contributed by atoms with Gasteiger partial charge in [-0.1, -0.05) is 0 Å². The monoisotopic (exact) mass is 990 g/mol. The van der Waals surface area contributed by atoms with Crippen molar-refractivity contribution in [3.05, 3.63) is 198 Å². The Balaban J connectivity index is 1.61. The van der Waals surface area contributed by atoms with Crippen molar-refractivity contribution in [2.24, 2.45) is 0 Å². The molecule has 0 atom stereocenters. The number of allylic oxidation sites excluding steroid dienone is 2. The Morgan fingerprint density at radius 3 is 0.587 bits per heavy atom. The normalized spacial score (nSPS) is 10.7. The van der Waals surface area contributed by atoms with E-state index in [1.807, 2.05) is 0 Å². The summed E-state index contributed by atoms with van der Waals surface area (Å²) in [5, 5.41) is 0. The van der Waals surface area contributed by atoms with Crippen LogP contribution in [0, 0.1) is 0 Å². The van der Waals surface area contributed by atoms with E-state index in [0.717, 1.165) is 0 Å². The van der Waals surface area contributed by atoms with Gasteiger partial charge in [0.05, 0.1) is 0 Å². The van der Waals surface area contributed by atoms with Gasteiger partial charge in [-0.2, -0.15) is 0 Å². The summed E-state index contributed by atoms with van der Waals surface area (Å²) in [6.07, 6.45) is 0. The SMILES string of the molecule is c1ccc([Se]C([Se]c2ccccc2)=C([Se]c2ccccc2)C([Se]c2ccccc2)=C([Se]c2ccccc2)[Se]c2ccccc2)cc1. The summed E-state index contributed by atoms with van der Waals surface area (Å²) in [5.41, 5.74) is 0. The van der Waals surface area contributed by atoms with Crippen LogP contribution in [-0.2, 0) is 0 Å². The molecular formula is C40H30Se6. The summed E-state index contributed by atoms with van der Waals surface area (Å²) in [4.78, 5) is 0. The molecule has 0 radical (unpaired) electrons.